The van der Waals surface area contributed by atoms with Gasteiger partial charge in [0.25, 0.3) is 0 Å². The quantitative estimate of drug-likeness (QED) is 0.218. The number of carbonyl (C=O) groups is 1. The van der Waals surface area contributed by atoms with Crippen molar-refractivity contribution < 1.29 is 15.0 Å². The molecule has 1 heterocycles. The number of aliphatic hydroxyl groups excluding tert-OH is 1. The van der Waals surface area contributed by atoms with E-state index in [0.717, 1.165) is 12.8 Å². The highest BCUT2D eigenvalue weighted by Crippen LogP contribution is 2.22. The molecule has 0 amide bonds. The summed E-state index contributed by atoms with van der Waals surface area (Å²) in [6.45, 7) is 4.80. The molecule has 30 heavy (non-hydrogen) atoms. The van der Waals surface area contributed by atoms with E-state index in [2.05, 4.69) is 11.9 Å². The Bertz CT molecular complexity index is 467. The average Bonchev–Trinajstić information content (AvgIpc) is 3.01. The maximum atomic E-state index is 11.0. The van der Waals surface area contributed by atoms with Gasteiger partial charge >= 0.3 is 5.97 Å². The molecule has 0 aromatic carbocycles. The number of hydrogen-bond acceptors (Lipinski definition) is 4. The molecule has 0 unspecified atom stereocenters. The lowest BCUT2D eigenvalue weighted by molar-refractivity contribution is -0.135. The van der Waals surface area contributed by atoms with E-state index in [1.165, 1.54) is 96.3 Å². The lowest BCUT2D eigenvalue weighted by atomic mass is 10.0. The van der Waals surface area contributed by atoms with Gasteiger partial charge in [0, 0.05) is 6.54 Å². The first-order valence-corrected chi connectivity index (χ1v) is 12.8. The third-order valence-electron chi connectivity index (χ3n) is 6.31. The number of aliphatic hydroxyl groups is 1. The Morgan fingerprint density at radius 2 is 1.23 bits per heavy atom. The number of nitrogens with zero attached hydrogens (tertiary/aromatic N) is 2. The normalized spacial score (nSPS) is 18.8. The molecule has 5 nitrogen and oxygen atoms in total. The summed E-state index contributed by atoms with van der Waals surface area (Å²) in [7, 11) is 0. The minimum Gasteiger partial charge on any atom is -0.481 e. The molecule has 0 aliphatic carbocycles. The average molecular weight is 425 g/mol. The summed E-state index contributed by atoms with van der Waals surface area (Å²) in [5.74, 6) is -0.360. The van der Waals surface area contributed by atoms with Crippen molar-refractivity contribution in [2.24, 2.45) is 4.99 Å². The van der Waals surface area contributed by atoms with Gasteiger partial charge in [-0.25, -0.2) is 0 Å². The van der Waals surface area contributed by atoms with E-state index >= 15 is 0 Å². The SMILES string of the molecule is CCCCCCCCCCCCCCCCCC[C@H]1N=C(CC(=O)O)N(CC)[C@H]1O. The Morgan fingerprint density at radius 1 is 0.800 bits per heavy atom. The second-order valence-electron chi connectivity index (χ2n) is 8.97. The number of unbranched alkanes of at least 4 members (excludes halogenated alkanes) is 15. The summed E-state index contributed by atoms with van der Waals surface area (Å²) >= 11 is 0. The summed E-state index contributed by atoms with van der Waals surface area (Å²) in [6.07, 6.45) is 21.7. The highest BCUT2D eigenvalue weighted by Gasteiger charge is 2.33. The number of aliphatic imine (C=N–C) groups is 1. The Hall–Kier alpha value is -1.10. The van der Waals surface area contributed by atoms with E-state index in [-0.39, 0.29) is 12.5 Å². The van der Waals surface area contributed by atoms with Crippen LogP contribution in [0.2, 0.25) is 0 Å². The van der Waals surface area contributed by atoms with E-state index in [1.54, 1.807) is 4.90 Å². The molecule has 1 aliphatic heterocycles. The molecule has 0 saturated carbocycles. The summed E-state index contributed by atoms with van der Waals surface area (Å²) in [6, 6.07) is -0.161. The van der Waals surface area contributed by atoms with Gasteiger partial charge in [0.05, 0.1) is 6.04 Å². The minimum atomic E-state index is -0.887. The Labute approximate surface area is 185 Å². The molecule has 0 aromatic rings. The molecule has 0 fully saturated rings. The number of aliphatic carboxylic acids is 1. The van der Waals surface area contributed by atoms with Gasteiger partial charge in [0.2, 0.25) is 0 Å². The van der Waals surface area contributed by atoms with Crippen molar-refractivity contribution in [3.63, 3.8) is 0 Å². The molecule has 1 aliphatic rings. The first kappa shape index (κ1) is 26.9. The summed E-state index contributed by atoms with van der Waals surface area (Å²) in [4.78, 5) is 17.2. The fourth-order valence-electron chi connectivity index (χ4n) is 4.46. The van der Waals surface area contributed by atoms with Crippen LogP contribution in [0.15, 0.2) is 4.99 Å². The van der Waals surface area contributed by atoms with E-state index in [4.69, 9.17) is 5.11 Å². The zero-order valence-electron chi connectivity index (χ0n) is 19.8. The van der Waals surface area contributed by atoms with Crippen LogP contribution in [0.3, 0.4) is 0 Å². The molecule has 176 valence electrons. The second-order valence-corrected chi connectivity index (χ2v) is 8.97. The minimum absolute atomic E-state index is 0.0969. The van der Waals surface area contributed by atoms with Gasteiger partial charge in [-0.1, -0.05) is 110 Å². The molecule has 0 aromatic heterocycles. The highest BCUT2D eigenvalue weighted by molar-refractivity contribution is 5.98. The van der Waals surface area contributed by atoms with Gasteiger partial charge in [0.1, 0.15) is 18.5 Å². The van der Waals surface area contributed by atoms with Crippen molar-refractivity contribution in [3.8, 4) is 0 Å². The van der Waals surface area contributed by atoms with Crippen molar-refractivity contribution in [2.45, 2.75) is 142 Å². The number of rotatable bonds is 20. The molecule has 0 saturated heterocycles. The van der Waals surface area contributed by atoms with E-state index in [0.29, 0.717) is 12.4 Å². The van der Waals surface area contributed by atoms with Crippen LogP contribution in [0.25, 0.3) is 0 Å². The standard InChI is InChI=1S/C25H48N2O3/c1-3-5-6-7-8-9-10-11-12-13-14-15-16-17-18-19-20-22-25(30)27(4-2)23(26-22)21-24(28)29/h22,25,30H,3-21H2,1-2H3,(H,28,29)/t22-,25+/m1/s1. The number of carboxylic acid groups (broad SMARTS) is 1. The van der Waals surface area contributed by atoms with Crippen LogP contribution in [0.4, 0.5) is 0 Å². The molecule has 2 atom stereocenters. The summed E-state index contributed by atoms with van der Waals surface area (Å²) < 4.78 is 0. The van der Waals surface area contributed by atoms with E-state index in [1.807, 2.05) is 6.92 Å². The molecule has 2 N–H and O–H groups in total. The van der Waals surface area contributed by atoms with Crippen molar-refractivity contribution in [3.05, 3.63) is 0 Å². The molecular weight excluding hydrogens is 376 g/mol. The zero-order valence-corrected chi connectivity index (χ0v) is 19.8. The predicted molar refractivity (Wildman–Crippen MR) is 126 cm³/mol. The molecular formula is C25H48N2O3. The van der Waals surface area contributed by atoms with Crippen LogP contribution >= 0.6 is 0 Å². The first-order chi connectivity index (χ1) is 14.6. The largest absolute Gasteiger partial charge is 0.481 e. The third-order valence-corrected chi connectivity index (χ3v) is 6.31. The summed E-state index contributed by atoms with van der Waals surface area (Å²) in [5.41, 5.74) is 0. The fourth-order valence-corrected chi connectivity index (χ4v) is 4.46. The first-order valence-electron chi connectivity index (χ1n) is 12.8. The number of likely N-dealkylation sites (N-methyl/N-ethyl adjacent to an activating group) is 1. The van der Waals surface area contributed by atoms with Crippen LogP contribution in [0.1, 0.15) is 129 Å². The molecule has 5 heteroatoms. The summed E-state index contributed by atoms with van der Waals surface area (Å²) in [5, 5.41) is 19.4. The van der Waals surface area contributed by atoms with Gasteiger partial charge in [0.15, 0.2) is 0 Å². The van der Waals surface area contributed by atoms with Gasteiger partial charge < -0.3 is 15.1 Å². The van der Waals surface area contributed by atoms with E-state index in [9.17, 15) is 9.90 Å². The van der Waals surface area contributed by atoms with Crippen LogP contribution in [0.5, 0.6) is 0 Å². The van der Waals surface area contributed by atoms with Crippen molar-refractivity contribution in [2.75, 3.05) is 6.54 Å². The van der Waals surface area contributed by atoms with Gasteiger partial charge in [-0.3, -0.25) is 9.79 Å². The van der Waals surface area contributed by atoms with Crippen LogP contribution in [-0.2, 0) is 4.79 Å². The Morgan fingerprint density at radius 3 is 1.63 bits per heavy atom. The Balaban J connectivity index is 1.93. The van der Waals surface area contributed by atoms with Gasteiger partial charge in [-0.05, 0) is 13.3 Å². The topological polar surface area (TPSA) is 73.1 Å². The lowest BCUT2D eigenvalue weighted by Gasteiger charge is -2.24. The molecule has 1 rings (SSSR count). The van der Waals surface area contributed by atoms with Crippen molar-refractivity contribution in [1.29, 1.82) is 0 Å². The zero-order chi connectivity index (χ0) is 22.0. The second kappa shape index (κ2) is 17.6. The lowest BCUT2D eigenvalue weighted by Crippen LogP contribution is -2.40. The monoisotopic (exact) mass is 424 g/mol. The van der Waals surface area contributed by atoms with E-state index < -0.39 is 12.2 Å². The molecule has 0 bridgehead atoms. The fraction of sp³-hybridized carbons (Fsp3) is 0.920. The van der Waals surface area contributed by atoms with Crippen LogP contribution < -0.4 is 0 Å². The van der Waals surface area contributed by atoms with Gasteiger partial charge in [-0.2, -0.15) is 0 Å². The number of hydrogen-bond donors (Lipinski definition) is 2. The smallest absolute Gasteiger partial charge is 0.310 e. The number of carboxylic acids is 1. The third kappa shape index (κ3) is 11.9. The van der Waals surface area contributed by atoms with Crippen molar-refractivity contribution >= 4 is 11.8 Å². The number of amidine groups is 1. The predicted octanol–water partition coefficient (Wildman–Crippen LogP) is 6.53. The maximum Gasteiger partial charge on any atom is 0.310 e. The maximum absolute atomic E-state index is 11.0. The Kier molecular flexibility index (Phi) is 15.8. The van der Waals surface area contributed by atoms with Crippen molar-refractivity contribution in [1.82, 2.24) is 4.90 Å². The highest BCUT2D eigenvalue weighted by atomic mass is 16.4. The van der Waals surface area contributed by atoms with Crippen LogP contribution in [-0.4, -0.2) is 45.7 Å². The molecule has 0 spiro atoms. The van der Waals surface area contributed by atoms with Crippen LogP contribution in [0, 0.1) is 0 Å². The van der Waals surface area contributed by atoms with Gasteiger partial charge in [-0.15, -0.1) is 0 Å². The molecule has 0 radical (unpaired) electrons.